The molecule has 2 aromatic rings. The van der Waals surface area contributed by atoms with Gasteiger partial charge in [0.1, 0.15) is 11.6 Å². The van der Waals surface area contributed by atoms with Crippen LogP contribution in [-0.2, 0) is 4.74 Å². The van der Waals surface area contributed by atoms with E-state index in [1.807, 2.05) is 30.9 Å². The SMILES string of the molecule is [B]C([B])([B])OC1(C)CCN(c2c(C#N)c(=O)[nH]c3cnc(C)cc23)CC1. The number of aromatic nitrogens is 2. The van der Waals surface area contributed by atoms with Crippen molar-refractivity contribution < 1.29 is 4.74 Å². The van der Waals surface area contributed by atoms with Crippen molar-refractivity contribution in [2.45, 2.75) is 37.6 Å². The third-order valence-electron chi connectivity index (χ3n) is 4.68. The van der Waals surface area contributed by atoms with Crippen LogP contribution < -0.4 is 10.5 Å². The van der Waals surface area contributed by atoms with Gasteiger partial charge >= 0.3 is 0 Å². The van der Waals surface area contributed by atoms with Gasteiger partial charge in [-0.25, -0.2) is 0 Å². The standard InChI is InChI=1S/C17H17B3N4O2/c1-10-7-11-13(9-22-10)23-15(25)12(8-21)14(11)24-5-3-16(2,4-6-24)26-17(18,19)20/h7,9H,3-6H2,1-2H3,(H,23,25). The minimum atomic E-state index is -1.70. The van der Waals surface area contributed by atoms with Crippen LogP contribution in [0.2, 0.25) is 0 Å². The van der Waals surface area contributed by atoms with Crippen molar-refractivity contribution in [3.8, 4) is 6.07 Å². The fourth-order valence-corrected chi connectivity index (χ4v) is 3.45. The Morgan fingerprint density at radius 3 is 2.62 bits per heavy atom. The highest BCUT2D eigenvalue weighted by molar-refractivity contribution is 6.58. The Balaban J connectivity index is 2.00. The maximum Gasteiger partial charge on any atom is 0.268 e. The fourth-order valence-electron chi connectivity index (χ4n) is 3.45. The van der Waals surface area contributed by atoms with E-state index in [1.165, 1.54) is 0 Å². The van der Waals surface area contributed by atoms with Gasteiger partial charge in [0.2, 0.25) is 0 Å². The van der Waals surface area contributed by atoms with E-state index in [0.717, 1.165) is 11.1 Å². The highest BCUT2D eigenvalue weighted by Gasteiger charge is 2.35. The summed E-state index contributed by atoms with van der Waals surface area (Å²) in [6, 6.07) is 3.91. The number of aryl methyl sites for hydroxylation is 1. The molecule has 3 heterocycles. The van der Waals surface area contributed by atoms with E-state index in [2.05, 4.69) is 9.97 Å². The minimum absolute atomic E-state index is 0.0958. The van der Waals surface area contributed by atoms with Crippen LogP contribution in [0.1, 0.15) is 31.0 Å². The predicted molar refractivity (Wildman–Crippen MR) is 103 cm³/mol. The van der Waals surface area contributed by atoms with Crippen molar-refractivity contribution in [2.24, 2.45) is 0 Å². The van der Waals surface area contributed by atoms with Crippen LogP contribution in [0.3, 0.4) is 0 Å². The first-order valence-electron chi connectivity index (χ1n) is 8.36. The molecule has 9 heteroatoms. The molecule has 26 heavy (non-hydrogen) atoms. The van der Waals surface area contributed by atoms with E-state index in [4.69, 9.17) is 28.3 Å². The van der Waals surface area contributed by atoms with Gasteiger partial charge in [-0.15, -0.1) is 0 Å². The number of aromatic amines is 1. The quantitative estimate of drug-likeness (QED) is 0.827. The highest BCUT2D eigenvalue weighted by atomic mass is 16.5. The second-order valence-electron chi connectivity index (χ2n) is 7.05. The molecule has 1 aliphatic heterocycles. The molecule has 0 bridgehead atoms. The zero-order chi connectivity index (χ0) is 19.1. The molecule has 6 radical (unpaired) electrons. The molecule has 3 rings (SSSR count). The van der Waals surface area contributed by atoms with Crippen LogP contribution in [0.15, 0.2) is 17.1 Å². The van der Waals surface area contributed by atoms with E-state index in [1.54, 1.807) is 6.20 Å². The molecule has 0 unspecified atom stereocenters. The molecule has 0 aromatic carbocycles. The summed E-state index contributed by atoms with van der Waals surface area (Å²) in [5.41, 5.74) is 1.13. The van der Waals surface area contributed by atoms with Gasteiger partial charge in [0, 0.05) is 24.2 Å². The van der Waals surface area contributed by atoms with Crippen LogP contribution in [0.4, 0.5) is 5.69 Å². The van der Waals surface area contributed by atoms with Crippen LogP contribution in [0.5, 0.6) is 0 Å². The van der Waals surface area contributed by atoms with Gasteiger partial charge in [0.05, 0.1) is 46.5 Å². The predicted octanol–water partition coefficient (Wildman–Crippen LogP) is 0.595. The Morgan fingerprint density at radius 2 is 2.04 bits per heavy atom. The monoisotopic (exact) mass is 342 g/mol. The molecule has 1 saturated heterocycles. The van der Waals surface area contributed by atoms with Crippen LogP contribution in [-0.4, -0.2) is 57.5 Å². The summed E-state index contributed by atoms with van der Waals surface area (Å²) in [5.74, 6) is 0. The second kappa shape index (κ2) is 6.51. The molecule has 2 aromatic heterocycles. The Hall–Kier alpha value is -2.20. The molecular weight excluding hydrogens is 325 g/mol. The lowest BCUT2D eigenvalue weighted by Gasteiger charge is -2.44. The Labute approximate surface area is 156 Å². The smallest absolute Gasteiger partial charge is 0.268 e. The average Bonchev–Trinajstić information content (AvgIpc) is 2.53. The van der Waals surface area contributed by atoms with Crippen molar-refractivity contribution in [2.75, 3.05) is 18.0 Å². The van der Waals surface area contributed by atoms with Crippen molar-refractivity contribution in [1.82, 2.24) is 9.97 Å². The van der Waals surface area contributed by atoms with E-state index in [-0.39, 0.29) is 5.56 Å². The number of nitriles is 1. The van der Waals surface area contributed by atoms with Crippen LogP contribution in [0.25, 0.3) is 10.9 Å². The summed E-state index contributed by atoms with van der Waals surface area (Å²) in [6.45, 7) is 4.91. The summed E-state index contributed by atoms with van der Waals surface area (Å²) in [5, 5.41) is 8.62. The van der Waals surface area contributed by atoms with Gasteiger partial charge in [-0.05, 0) is 38.1 Å². The summed E-state index contributed by atoms with van der Waals surface area (Å²) in [7, 11) is 16.7. The van der Waals surface area contributed by atoms with E-state index >= 15 is 0 Å². The summed E-state index contributed by atoms with van der Waals surface area (Å²) >= 11 is 0. The van der Waals surface area contributed by atoms with E-state index in [9.17, 15) is 10.1 Å². The number of rotatable bonds is 3. The van der Waals surface area contributed by atoms with Crippen molar-refractivity contribution in [3.05, 3.63) is 33.9 Å². The molecule has 1 aliphatic rings. The number of hydrogen-bond donors (Lipinski definition) is 1. The molecule has 126 valence electrons. The highest BCUT2D eigenvalue weighted by Crippen LogP contribution is 2.34. The molecule has 0 amide bonds. The molecule has 0 saturated carbocycles. The van der Waals surface area contributed by atoms with Crippen molar-refractivity contribution >= 4 is 40.1 Å². The average molecular weight is 342 g/mol. The Morgan fingerprint density at radius 1 is 1.38 bits per heavy atom. The third kappa shape index (κ3) is 3.66. The first-order valence-corrected chi connectivity index (χ1v) is 8.36. The number of H-pyrrole nitrogens is 1. The first kappa shape index (κ1) is 18.6. The molecule has 0 aliphatic carbocycles. The third-order valence-corrected chi connectivity index (χ3v) is 4.68. The topological polar surface area (TPSA) is 82.0 Å². The normalized spacial score (nSPS) is 17.2. The molecule has 0 spiro atoms. The van der Waals surface area contributed by atoms with Gasteiger partial charge in [0.25, 0.3) is 5.56 Å². The van der Waals surface area contributed by atoms with Crippen LogP contribution in [0, 0.1) is 18.3 Å². The number of fused-ring (bicyclic) bond motifs is 1. The number of piperidine rings is 1. The lowest BCUT2D eigenvalue weighted by atomic mass is 9.52. The van der Waals surface area contributed by atoms with Gasteiger partial charge in [-0.2, -0.15) is 5.26 Å². The minimum Gasteiger partial charge on any atom is -0.397 e. The number of pyridine rings is 2. The lowest BCUT2D eigenvalue weighted by molar-refractivity contribution is -0.0541. The summed E-state index contributed by atoms with van der Waals surface area (Å²) in [6.07, 6.45) is 2.81. The zero-order valence-corrected chi connectivity index (χ0v) is 14.9. The van der Waals surface area contributed by atoms with Gasteiger partial charge in [-0.1, -0.05) is 0 Å². The number of ether oxygens (including phenoxy) is 1. The van der Waals surface area contributed by atoms with E-state index < -0.39 is 16.5 Å². The van der Waals surface area contributed by atoms with Crippen molar-refractivity contribution in [1.29, 1.82) is 5.26 Å². The molecular formula is C17H17B3N4O2. The maximum absolute atomic E-state index is 12.3. The number of nitrogens with one attached hydrogen (secondary N) is 1. The lowest BCUT2D eigenvalue weighted by Crippen LogP contribution is -2.51. The van der Waals surface area contributed by atoms with E-state index in [0.29, 0.717) is 37.1 Å². The molecule has 1 N–H and O–H groups in total. The van der Waals surface area contributed by atoms with Gasteiger partial charge in [-0.3, -0.25) is 9.78 Å². The zero-order valence-electron chi connectivity index (χ0n) is 14.9. The molecule has 1 fully saturated rings. The summed E-state index contributed by atoms with van der Waals surface area (Å²) < 4.78 is 5.60. The molecule has 6 nitrogen and oxygen atoms in total. The molecule has 0 atom stereocenters. The van der Waals surface area contributed by atoms with Gasteiger partial charge in [0.15, 0.2) is 0 Å². The Kier molecular flexibility index (Phi) is 4.66. The first-order chi connectivity index (χ1) is 12.1. The number of nitrogens with zero attached hydrogens (tertiary/aromatic N) is 3. The largest absolute Gasteiger partial charge is 0.397 e. The van der Waals surface area contributed by atoms with Crippen LogP contribution >= 0.6 is 0 Å². The maximum atomic E-state index is 12.3. The number of hydrogen-bond acceptors (Lipinski definition) is 5. The van der Waals surface area contributed by atoms with Crippen molar-refractivity contribution in [3.63, 3.8) is 0 Å². The fraction of sp³-hybridized carbons (Fsp3) is 0.471. The Bertz CT molecular complexity index is 938. The summed E-state index contributed by atoms with van der Waals surface area (Å²) in [4.78, 5) is 21.3. The second-order valence-corrected chi connectivity index (χ2v) is 7.05. The van der Waals surface area contributed by atoms with Gasteiger partial charge < -0.3 is 14.6 Å². The number of anilines is 1.